The molecule has 0 atom stereocenters. The SMILES string of the molecule is C=CCN(CC(=O)c1c(C)[nH]c(C(=O)OCC)c1C)S(=O)(=O)CC. The number of sulfonamides is 1. The van der Waals surface area contributed by atoms with E-state index in [2.05, 4.69) is 11.6 Å². The minimum atomic E-state index is -3.53. The van der Waals surface area contributed by atoms with Gasteiger partial charge in [0.15, 0.2) is 5.78 Å². The second-order valence-corrected chi connectivity index (χ2v) is 7.51. The van der Waals surface area contributed by atoms with Gasteiger partial charge in [-0.1, -0.05) is 6.08 Å². The highest BCUT2D eigenvalue weighted by Crippen LogP contribution is 2.20. The summed E-state index contributed by atoms with van der Waals surface area (Å²) >= 11 is 0. The van der Waals surface area contributed by atoms with E-state index in [-0.39, 0.29) is 36.9 Å². The second kappa shape index (κ2) is 8.25. The first-order valence-corrected chi connectivity index (χ1v) is 9.28. The molecule has 0 unspecified atom stereocenters. The molecule has 1 aromatic heterocycles. The van der Waals surface area contributed by atoms with E-state index < -0.39 is 16.0 Å². The van der Waals surface area contributed by atoms with E-state index in [1.165, 1.54) is 13.0 Å². The zero-order valence-electron chi connectivity index (χ0n) is 14.5. The molecule has 0 amide bonds. The average molecular weight is 356 g/mol. The van der Waals surface area contributed by atoms with Crippen molar-refractivity contribution in [3.8, 4) is 0 Å². The van der Waals surface area contributed by atoms with Crippen molar-refractivity contribution in [2.45, 2.75) is 27.7 Å². The molecule has 1 N–H and O–H groups in total. The van der Waals surface area contributed by atoms with Crippen LogP contribution >= 0.6 is 0 Å². The van der Waals surface area contributed by atoms with Crippen LogP contribution in [0.4, 0.5) is 0 Å². The van der Waals surface area contributed by atoms with Crippen LogP contribution in [0.3, 0.4) is 0 Å². The Morgan fingerprint density at radius 3 is 2.42 bits per heavy atom. The number of carbonyl (C=O) groups excluding carboxylic acids is 2. The summed E-state index contributed by atoms with van der Waals surface area (Å²) in [5.41, 5.74) is 1.50. The third-order valence-corrected chi connectivity index (χ3v) is 5.40. The first kappa shape index (κ1) is 20.1. The molecule has 8 heteroatoms. The van der Waals surface area contributed by atoms with Crippen molar-refractivity contribution >= 4 is 21.8 Å². The molecule has 0 saturated heterocycles. The Morgan fingerprint density at radius 2 is 1.92 bits per heavy atom. The first-order chi connectivity index (χ1) is 11.2. The molecular weight excluding hydrogens is 332 g/mol. The molecule has 1 heterocycles. The molecule has 7 nitrogen and oxygen atoms in total. The molecule has 24 heavy (non-hydrogen) atoms. The van der Waals surface area contributed by atoms with Gasteiger partial charge in [0.1, 0.15) is 5.69 Å². The lowest BCUT2D eigenvalue weighted by atomic mass is 10.1. The summed E-state index contributed by atoms with van der Waals surface area (Å²) in [5, 5.41) is 0. The van der Waals surface area contributed by atoms with Gasteiger partial charge in [-0.15, -0.1) is 6.58 Å². The van der Waals surface area contributed by atoms with Crippen molar-refractivity contribution in [3.05, 3.63) is 35.2 Å². The van der Waals surface area contributed by atoms with Gasteiger partial charge in [-0.05, 0) is 33.3 Å². The molecule has 0 aliphatic carbocycles. The fourth-order valence-corrected chi connectivity index (χ4v) is 3.43. The van der Waals surface area contributed by atoms with Crippen LogP contribution in [-0.4, -0.2) is 54.9 Å². The molecule has 1 aromatic rings. The summed E-state index contributed by atoms with van der Waals surface area (Å²) in [6.07, 6.45) is 1.43. The highest BCUT2D eigenvalue weighted by atomic mass is 32.2. The molecule has 0 bridgehead atoms. The predicted octanol–water partition coefficient (Wildman–Crippen LogP) is 1.83. The van der Waals surface area contributed by atoms with Crippen molar-refractivity contribution in [1.82, 2.24) is 9.29 Å². The topological polar surface area (TPSA) is 96.5 Å². The van der Waals surface area contributed by atoms with Crippen LogP contribution in [0, 0.1) is 13.8 Å². The van der Waals surface area contributed by atoms with Crippen LogP contribution in [0.5, 0.6) is 0 Å². The Bertz CT molecular complexity index is 734. The smallest absolute Gasteiger partial charge is 0.355 e. The molecule has 0 aromatic carbocycles. The number of nitrogens with one attached hydrogen (secondary N) is 1. The Balaban J connectivity index is 3.15. The van der Waals surface area contributed by atoms with E-state index in [0.717, 1.165) is 4.31 Å². The summed E-state index contributed by atoms with van der Waals surface area (Å²) in [5.74, 6) is -1.02. The van der Waals surface area contributed by atoms with Crippen LogP contribution in [-0.2, 0) is 14.8 Å². The van der Waals surface area contributed by atoms with Gasteiger partial charge >= 0.3 is 5.97 Å². The van der Waals surface area contributed by atoms with Crippen LogP contribution in [0.2, 0.25) is 0 Å². The number of Topliss-reactive ketones (excluding diaryl/α,β-unsaturated/α-hetero) is 1. The first-order valence-electron chi connectivity index (χ1n) is 7.67. The van der Waals surface area contributed by atoms with Crippen LogP contribution in [0.15, 0.2) is 12.7 Å². The Labute approximate surface area is 142 Å². The quantitative estimate of drug-likeness (QED) is 0.414. The number of aryl methyl sites for hydroxylation is 1. The summed E-state index contributed by atoms with van der Waals surface area (Å²) in [6, 6.07) is 0. The minimum Gasteiger partial charge on any atom is -0.461 e. The molecule has 0 fully saturated rings. The number of hydrogen-bond acceptors (Lipinski definition) is 5. The largest absolute Gasteiger partial charge is 0.461 e. The maximum absolute atomic E-state index is 12.6. The normalized spacial score (nSPS) is 11.5. The van der Waals surface area contributed by atoms with Gasteiger partial charge in [-0.3, -0.25) is 4.79 Å². The fraction of sp³-hybridized carbons (Fsp3) is 0.500. The van der Waals surface area contributed by atoms with Crippen LogP contribution < -0.4 is 0 Å². The summed E-state index contributed by atoms with van der Waals surface area (Å²) in [6.45, 7) is 10.0. The zero-order valence-corrected chi connectivity index (χ0v) is 15.3. The van der Waals surface area contributed by atoms with Crippen molar-refractivity contribution in [2.75, 3.05) is 25.4 Å². The molecule has 134 valence electrons. The number of nitrogens with zero attached hydrogens (tertiary/aromatic N) is 1. The van der Waals surface area contributed by atoms with Crippen molar-refractivity contribution in [2.24, 2.45) is 0 Å². The fourth-order valence-electron chi connectivity index (χ4n) is 2.42. The number of ketones is 1. The molecule has 0 aliphatic rings. The summed E-state index contributed by atoms with van der Waals surface area (Å²) < 4.78 is 30.2. The number of carbonyl (C=O) groups is 2. The lowest BCUT2D eigenvalue weighted by Crippen LogP contribution is -2.37. The second-order valence-electron chi connectivity index (χ2n) is 5.25. The van der Waals surface area contributed by atoms with Gasteiger partial charge < -0.3 is 9.72 Å². The Morgan fingerprint density at radius 1 is 1.29 bits per heavy atom. The number of esters is 1. The van der Waals surface area contributed by atoms with Crippen molar-refractivity contribution in [3.63, 3.8) is 0 Å². The van der Waals surface area contributed by atoms with Gasteiger partial charge in [0.05, 0.1) is 18.9 Å². The Kier molecular flexibility index (Phi) is 6.92. The van der Waals surface area contributed by atoms with E-state index in [9.17, 15) is 18.0 Å². The number of rotatable bonds is 9. The number of ether oxygens (including phenoxy) is 1. The molecule has 0 saturated carbocycles. The average Bonchev–Trinajstić information content (AvgIpc) is 2.82. The number of aromatic amines is 1. The van der Waals surface area contributed by atoms with Crippen molar-refractivity contribution in [1.29, 1.82) is 0 Å². The number of H-pyrrole nitrogens is 1. The van der Waals surface area contributed by atoms with Gasteiger partial charge in [0.25, 0.3) is 0 Å². The van der Waals surface area contributed by atoms with E-state index in [1.54, 1.807) is 20.8 Å². The van der Waals surface area contributed by atoms with Gasteiger partial charge in [0, 0.05) is 17.8 Å². The third kappa shape index (κ3) is 4.33. The maximum Gasteiger partial charge on any atom is 0.355 e. The highest BCUT2D eigenvalue weighted by Gasteiger charge is 2.27. The molecule has 0 spiro atoms. The minimum absolute atomic E-state index is 0.0508. The van der Waals surface area contributed by atoms with Gasteiger partial charge in [-0.25, -0.2) is 13.2 Å². The van der Waals surface area contributed by atoms with E-state index in [0.29, 0.717) is 16.8 Å². The molecule has 1 rings (SSSR count). The predicted molar refractivity (Wildman–Crippen MR) is 91.8 cm³/mol. The van der Waals surface area contributed by atoms with Gasteiger partial charge in [0.2, 0.25) is 10.0 Å². The number of hydrogen-bond donors (Lipinski definition) is 1. The zero-order chi connectivity index (χ0) is 18.5. The molecular formula is C16H24N2O5S. The summed E-state index contributed by atoms with van der Waals surface area (Å²) in [7, 11) is -3.53. The van der Waals surface area contributed by atoms with Crippen molar-refractivity contribution < 1.29 is 22.7 Å². The lowest BCUT2D eigenvalue weighted by Gasteiger charge is -2.19. The standard InChI is InChI=1S/C16H24N2O5S/c1-6-9-18(24(21,22)8-3)10-13(19)14-11(4)15(17-12(14)5)16(20)23-7-2/h6,17H,1,7-10H2,2-5H3. The summed E-state index contributed by atoms with van der Waals surface area (Å²) in [4.78, 5) is 27.4. The lowest BCUT2D eigenvalue weighted by molar-refractivity contribution is 0.0519. The third-order valence-electron chi connectivity index (χ3n) is 3.61. The van der Waals surface area contributed by atoms with Crippen LogP contribution in [0.25, 0.3) is 0 Å². The van der Waals surface area contributed by atoms with Gasteiger partial charge in [-0.2, -0.15) is 4.31 Å². The van der Waals surface area contributed by atoms with E-state index >= 15 is 0 Å². The molecule has 0 aliphatic heterocycles. The Hall–Kier alpha value is -1.93. The van der Waals surface area contributed by atoms with E-state index in [4.69, 9.17) is 4.74 Å². The van der Waals surface area contributed by atoms with E-state index in [1.807, 2.05) is 0 Å². The maximum atomic E-state index is 12.6. The molecule has 0 radical (unpaired) electrons. The highest BCUT2D eigenvalue weighted by molar-refractivity contribution is 7.89. The number of aromatic nitrogens is 1. The monoisotopic (exact) mass is 356 g/mol. The van der Waals surface area contributed by atoms with Crippen LogP contribution in [0.1, 0.15) is 46.0 Å².